The first-order chi connectivity index (χ1) is 8.20. The molecule has 1 N–H and O–H groups in total. The Kier molecular flexibility index (Phi) is 3.79. The maximum atomic E-state index is 10.9. The zero-order valence-corrected chi connectivity index (χ0v) is 10.2. The van der Waals surface area contributed by atoms with Crippen molar-refractivity contribution in [3.63, 3.8) is 0 Å². The Morgan fingerprint density at radius 2 is 2.24 bits per heavy atom. The lowest BCUT2D eigenvalue weighted by molar-refractivity contribution is 0.0696. The SMILES string of the molecule is CCN(Cc1cccc(C(=O)O)c1)C1CCC1. The molecular formula is C14H19NO2. The van der Waals surface area contributed by atoms with Crippen LogP contribution in [0.3, 0.4) is 0 Å². The highest BCUT2D eigenvalue weighted by molar-refractivity contribution is 5.87. The Hall–Kier alpha value is -1.35. The quantitative estimate of drug-likeness (QED) is 0.850. The van der Waals surface area contributed by atoms with E-state index < -0.39 is 5.97 Å². The zero-order valence-electron chi connectivity index (χ0n) is 10.2. The highest BCUT2D eigenvalue weighted by atomic mass is 16.4. The fourth-order valence-corrected chi connectivity index (χ4v) is 2.29. The van der Waals surface area contributed by atoms with Gasteiger partial charge in [0.1, 0.15) is 0 Å². The van der Waals surface area contributed by atoms with Crippen LogP contribution >= 0.6 is 0 Å². The average molecular weight is 233 g/mol. The van der Waals surface area contributed by atoms with Crippen LogP contribution < -0.4 is 0 Å². The van der Waals surface area contributed by atoms with Crippen LogP contribution in [0.4, 0.5) is 0 Å². The van der Waals surface area contributed by atoms with Crippen LogP contribution in [0.25, 0.3) is 0 Å². The zero-order chi connectivity index (χ0) is 12.3. The smallest absolute Gasteiger partial charge is 0.335 e. The largest absolute Gasteiger partial charge is 0.478 e. The number of benzene rings is 1. The van der Waals surface area contributed by atoms with E-state index in [1.807, 2.05) is 12.1 Å². The van der Waals surface area contributed by atoms with Crippen LogP contribution in [-0.4, -0.2) is 28.6 Å². The molecule has 92 valence electrons. The third kappa shape index (κ3) is 2.86. The Bertz CT molecular complexity index is 399. The number of carbonyl (C=O) groups is 1. The summed E-state index contributed by atoms with van der Waals surface area (Å²) in [5.74, 6) is -0.849. The molecule has 1 aliphatic rings. The van der Waals surface area contributed by atoms with Gasteiger partial charge in [-0.1, -0.05) is 25.5 Å². The minimum atomic E-state index is -0.849. The standard InChI is InChI=1S/C14H19NO2/c1-2-15(13-7-4-8-13)10-11-5-3-6-12(9-11)14(16)17/h3,5-6,9,13H,2,4,7-8,10H2,1H3,(H,16,17). The third-order valence-corrected chi connectivity index (χ3v) is 3.56. The highest BCUT2D eigenvalue weighted by Crippen LogP contribution is 2.26. The van der Waals surface area contributed by atoms with Crippen molar-refractivity contribution in [1.82, 2.24) is 4.90 Å². The number of nitrogens with zero attached hydrogens (tertiary/aromatic N) is 1. The van der Waals surface area contributed by atoms with Gasteiger partial charge in [0.05, 0.1) is 5.56 Å². The summed E-state index contributed by atoms with van der Waals surface area (Å²) < 4.78 is 0. The molecule has 2 rings (SSSR count). The minimum absolute atomic E-state index is 0.382. The van der Waals surface area contributed by atoms with Crippen molar-refractivity contribution < 1.29 is 9.90 Å². The van der Waals surface area contributed by atoms with Crippen LogP contribution in [0.15, 0.2) is 24.3 Å². The molecule has 0 amide bonds. The summed E-state index contributed by atoms with van der Waals surface area (Å²) >= 11 is 0. The number of carboxylic acid groups (broad SMARTS) is 1. The molecule has 0 aliphatic heterocycles. The molecule has 3 heteroatoms. The van der Waals surface area contributed by atoms with Crippen molar-refractivity contribution in [2.24, 2.45) is 0 Å². The van der Waals surface area contributed by atoms with E-state index in [0.717, 1.165) is 18.7 Å². The normalized spacial score (nSPS) is 15.9. The third-order valence-electron chi connectivity index (χ3n) is 3.56. The van der Waals surface area contributed by atoms with E-state index in [4.69, 9.17) is 5.11 Å². The Morgan fingerprint density at radius 3 is 2.76 bits per heavy atom. The minimum Gasteiger partial charge on any atom is -0.478 e. The molecule has 0 heterocycles. The molecule has 0 bridgehead atoms. The van der Waals surface area contributed by atoms with Gasteiger partial charge in [0.2, 0.25) is 0 Å². The predicted molar refractivity (Wildman–Crippen MR) is 67.1 cm³/mol. The second-order valence-electron chi connectivity index (χ2n) is 4.65. The predicted octanol–water partition coefficient (Wildman–Crippen LogP) is 2.76. The Morgan fingerprint density at radius 1 is 1.47 bits per heavy atom. The first kappa shape index (κ1) is 12.1. The molecule has 0 saturated heterocycles. The molecule has 0 unspecified atom stereocenters. The maximum Gasteiger partial charge on any atom is 0.335 e. The summed E-state index contributed by atoms with van der Waals surface area (Å²) in [4.78, 5) is 13.3. The summed E-state index contributed by atoms with van der Waals surface area (Å²) in [5.41, 5.74) is 1.48. The van der Waals surface area contributed by atoms with Gasteiger partial charge in [-0.3, -0.25) is 4.90 Å². The molecule has 1 aromatic carbocycles. The molecule has 1 aliphatic carbocycles. The van der Waals surface area contributed by atoms with E-state index in [-0.39, 0.29) is 0 Å². The summed E-state index contributed by atoms with van der Waals surface area (Å²) in [5, 5.41) is 8.95. The summed E-state index contributed by atoms with van der Waals surface area (Å²) in [6, 6.07) is 7.96. The molecule has 0 aromatic heterocycles. The lowest BCUT2D eigenvalue weighted by Crippen LogP contribution is -2.39. The maximum absolute atomic E-state index is 10.9. The lowest BCUT2D eigenvalue weighted by atomic mass is 9.91. The van der Waals surface area contributed by atoms with Crippen molar-refractivity contribution in [2.45, 2.75) is 38.8 Å². The first-order valence-corrected chi connectivity index (χ1v) is 6.27. The van der Waals surface area contributed by atoms with Gasteiger partial charge in [-0.2, -0.15) is 0 Å². The molecule has 1 fully saturated rings. The fraction of sp³-hybridized carbons (Fsp3) is 0.500. The van der Waals surface area contributed by atoms with Crippen molar-refractivity contribution in [1.29, 1.82) is 0 Å². The summed E-state index contributed by atoms with van der Waals surface area (Å²) in [6.45, 7) is 4.06. The monoisotopic (exact) mass is 233 g/mol. The highest BCUT2D eigenvalue weighted by Gasteiger charge is 2.23. The van der Waals surface area contributed by atoms with Crippen LogP contribution in [0.5, 0.6) is 0 Å². The second kappa shape index (κ2) is 5.32. The van der Waals surface area contributed by atoms with Gasteiger partial charge in [-0.15, -0.1) is 0 Å². The van der Waals surface area contributed by atoms with E-state index in [9.17, 15) is 4.79 Å². The molecule has 1 saturated carbocycles. The molecule has 3 nitrogen and oxygen atoms in total. The Balaban J connectivity index is 2.05. The van der Waals surface area contributed by atoms with Gasteiger partial charge >= 0.3 is 5.97 Å². The topological polar surface area (TPSA) is 40.5 Å². The van der Waals surface area contributed by atoms with E-state index in [1.54, 1.807) is 12.1 Å². The second-order valence-corrected chi connectivity index (χ2v) is 4.65. The van der Waals surface area contributed by atoms with Crippen molar-refractivity contribution >= 4 is 5.97 Å². The fourth-order valence-electron chi connectivity index (χ4n) is 2.29. The van der Waals surface area contributed by atoms with Crippen molar-refractivity contribution in [3.8, 4) is 0 Å². The number of hydrogen-bond acceptors (Lipinski definition) is 2. The van der Waals surface area contributed by atoms with Crippen LogP contribution in [0, 0.1) is 0 Å². The van der Waals surface area contributed by atoms with E-state index in [0.29, 0.717) is 11.6 Å². The summed E-state index contributed by atoms with van der Waals surface area (Å²) in [7, 11) is 0. The van der Waals surface area contributed by atoms with E-state index >= 15 is 0 Å². The van der Waals surface area contributed by atoms with Crippen molar-refractivity contribution in [3.05, 3.63) is 35.4 Å². The number of rotatable bonds is 5. The van der Waals surface area contributed by atoms with Crippen LogP contribution in [0.2, 0.25) is 0 Å². The Labute approximate surface area is 102 Å². The molecule has 0 spiro atoms. The molecule has 0 radical (unpaired) electrons. The summed E-state index contributed by atoms with van der Waals surface area (Å²) in [6.07, 6.45) is 3.90. The van der Waals surface area contributed by atoms with Gasteiger partial charge in [-0.25, -0.2) is 4.79 Å². The van der Waals surface area contributed by atoms with Gasteiger partial charge < -0.3 is 5.11 Å². The van der Waals surface area contributed by atoms with E-state index in [2.05, 4.69) is 11.8 Å². The van der Waals surface area contributed by atoms with Gasteiger partial charge in [0.25, 0.3) is 0 Å². The molecule has 0 atom stereocenters. The van der Waals surface area contributed by atoms with Crippen LogP contribution in [0.1, 0.15) is 42.1 Å². The molecule has 17 heavy (non-hydrogen) atoms. The van der Waals surface area contributed by atoms with Crippen LogP contribution in [-0.2, 0) is 6.54 Å². The number of hydrogen-bond donors (Lipinski definition) is 1. The molecule has 1 aromatic rings. The molecular weight excluding hydrogens is 214 g/mol. The van der Waals surface area contributed by atoms with Gasteiger partial charge in [-0.05, 0) is 37.1 Å². The lowest BCUT2D eigenvalue weighted by Gasteiger charge is -2.37. The number of carboxylic acids is 1. The average Bonchev–Trinajstić information content (AvgIpc) is 2.26. The van der Waals surface area contributed by atoms with Crippen molar-refractivity contribution in [2.75, 3.05) is 6.54 Å². The van der Waals surface area contributed by atoms with E-state index in [1.165, 1.54) is 19.3 Å². The number of aromatic carboxylic acids is 1. The van der Waals surface area contributed by atoms with Gasteiger partial charge in [0, 0.05) is 12.6 Å². The van der Waals surface area contributed by atoms with Gasteiger partial charge in [0.15, 0.2) is 0 Å². The first-order valence-electron chi connectivity index (χ1n) is 6.27.